The number of benzene rings is 3. The number of allylic oxidation sites excluding steroid dienone is 1. The summed E-state index contributed by atoms with van der Waals surface area (Å²) in [4.78, 5) is 0. The second kappa shape index (κ2) is 6.91. The molecule has 0 aliphatic rings. The Morgan fingerprint density at radius 2 is 1.23 bits per heavy atom. The van der Waals surface area contributed by atoms with Gasteiger partial charge in [0.1, 0.15) is 0 Å². The minimum Gasteiger partial charge on any atom is -0.0992 e. The molecule has 108 valence electrons. The van der Waals surface area contributed by atoms with Crippen LogP contribution < -0.4 is 0 Å². The van der Waals surface area contributed by atoms with E-state index < -0.39 is 0 Å². The van der Waals surface area contributed by atoms with Gasteiger partial charge in [0.15, 0.2) is 0 Å². The summed E-state index contributed by atoms with van der Waals surface area (Å²) in [6.07, 6.45) is 1.85. The zero-order valence-electron chi connectivity index (χ0n) is 12.7. The van der Waals surface area contributed by atoms with Crippen molar-refractivity contribution in [2.45, 2.75) is 12.8 Å². The predicted molar refractivity (Wildman–Crippen MR) is 94.9 cm³/mol. The van der Waals surface area contributed by atoms with E-state index in [1.165, 1.54) is 27.8 Å². The highest BCUT2D eigenvalue weighted by Gasteiger charge is 2.06. The van der Waals surface area contributed by atoms with Gasteiger partial charge in [-0.2, -0.15) is 0 Å². The SMILES string of the molecule is C=C(Cc1ccccc1)Cc1ccccc1-c1ccccc1. The third kappa shape index (κ3) is 3.53. The first kappa shape index (κ1) is 14.3. The van der Waals surface area contributed by atoms with E-state index in [0.717, 1.165) is 12.8 Å². The average molecular weight is 284 g/mol. The topological polar surface area (TPSA) is 0 Å². The summed E-state index contributed by atoms with van der Waals surface area (Å²) in [6, 6.07) is 29.7. The van der Waals surface area contributed by atoms with E-state index in [2.05, 4.69) is 91.5 Å². The van der Waals surface area contributed by atoms with E-state index in [1.807, 2.05) is 0 Å². The third-order valence-electron chi connectivity index (χ3n) is 3.84. The van der Waals surface area contributed by atoms with Gasteiger partial charge in [-0.15, -0.1) is 0 Å². The van der Waals surface area contributed by atoms with Crippen molar-refractivity contribution >= 4 is 0 Å². The van der Waals surface area contributed by atoms with Crippen molar-refractivity contribution in [3.63, 3.8) is 0 Å². The fourth-order valence-corrected chi connectivity index (χ4v) is 2.79. The van der Waals surface area contributed by atoms with Crippen LogP contribution in [-0.4, -0.2) is 0 Å². The van der Waals surface area contributed by atoms with Gasteiger partial charge in [0.05, 0.1) is 0 Å². The van der Waals surface area contributed by atoms with Crippen molar-refractivity contribution < 1.29 is 0 Å². The first-order valence-corrected chi connectivity index (χ1v) is 7.67. The Labute approximate surface area is 132 Å². The highest BCUT2D eigenvalue weighted by atomic mass is 14.1. The molecule has 0 saturated carbocycles. The monoisotopic (exact) mass is 284 g/mol. The molecule has 0 N–H and O–H groups in total. The molecule has 0 bridgehead atoms. The molecule has 0 fully saturated rings. The Bertz CT molecular complexity index is 739. The zero-order valence-corrected chi connectivity index (χ0v) is 12.7. The van der Waals surface area contributed by atoms with Crippen LogP contribution in [0.3, 0.4) is 0 Å². The van der Waals surface area contributed by atoms with Crippen LogP contribution in [0.2, 0.25) is 0 Å². The maximum Gasteiger partial charge on any atom is -0.00603 e. The summed E-state index contributed by atoms with van der Waals surface area (Å²) < 4.78 is 0. The normalized spacial score (nSPS) is 10.4. The minimum absolute atomic E-state index is 0.917. The van der Waals surface area contributed by atoms with Crippen molar-refractivity contribution in [1.82, 2.24) is 0 Å². The maximum absolute atomic E-state index is 4.28. The summed E-state index contributed by atoms with van der Waals surface area (Å²) in [5, 5.41) is 0. The Kier molecular flexibility index (Phi) is 4.50. The van der Waals surface area contributed by atoms with Crippen LogP contribution in [0, 0.1) is 0 Å². The fourth-order valence-electron chi connectivity index (χ4n) is 2.79. The third-order valence-corrected chi connectivity index (χ3v) is 3.84. The Balaban J connectivity index is 1.80. The van der Waals surface area contributed by atoms with Crippen molar-refractivity contribution in [3.8, 4) is 11.1 Å². The first-order valence-electron chi connectivity index (χ1n) is 7.67. The van der Waals surface area contributed by atoms with Gasteiger partial charge in [-0.3, -0.25) is 0 Å². The minimum atomic E-state index is 0.917. The second-order valence-corrected chi connectivity index (χ2v) is 5.61. The van der Waals surface area contributed by atoms with E-state index in [9.17, 15) is 0 Å². The fraction of sp³-hybridized carbons (Fsp3) is 0.0909. The zero-order chi connectivity index (χ0) is 15.2. The van der Waals surface area contributed by atoms with Gasteiger partial charge in [-0.05, 0) is 35.1 Å². The molecule has 0 atom stereocenters. The Morgan fingerprint density at radius 1 is 0.636 bits per heavy atom. The van der Waals surface area contributed by atoms with Crippen LogP contribution in [0.15, 0.2) is 97.1 Å². The molecule has 0 heterocycles. The summed E-state index contributed by atoms with van der Waals surface area (Å²) in [6.45, 7) is 4.28. The lowest BCUT2D eigenvalue weighted by Crippen LogP contribution is -1.96. The molecule has 0 unspecified atom stereocenters. The van der Waals surface area contributed by atoms with Crippen LogP contribution >= 0.6 is 0 Å². The average Bonchev–Trinajstić information content (AvgIpc) is 2.57. The highest BCUT2D eigenvalue weighted by Crippen LogP contribution is 2.25. The molecule has 0 radical (unpaired) electrons. The molecule has 3 aromatic rings. The van der Waals surface area contributed by atoms with Crippen LogP contribution in [0.25, 0.3) is 11.1 Å². The molecule has 0 saturated heterocycles. The molecular weight excluding hydrogens is 264 g/mol. The highest BCUT2D eigenvalue weighted by molar-refractivity contribution is 5.67. The van der Waals surface area contributed by atoms with E-state index in [1.54, 1.807) is 0 Å². The molecule has 0 aliphatic heterocycles. The quantitative estimate of drug-likeness (QED) is 0.528. The largest absolute Gasteiger partial charge is 0.0992 e. The summed E-state index contributed by atoms with van der Waals surface area (Å²) in [5.74, 6) is 0. The predicted octanol–water partition coefficient (Wildman–Crippen LogP) is 5.70. The van der Waals surface area contributed by atoms with Crippen LogP contribution in [0.5, 0.6) is 0 Å². The molecule has 0 spiro atoms. The van der Waals surface area contributed by atoms with Crippen molar-refractivity contribution in [3.05, 3.63) is 108 Å². The molecule has 3 rings (SSSR count). The molecule has 0 amide bonds. The molecule has 22 heavy (non-hydrogen) atoms. The van der Waals surface area contributed by atoms with Gasteiger partial charge in [0, 0.05) is 0 Å². The van der Waals surface area contributed by atoms with E-state index in [0.29, 0.717) is 0 Å². The van der Waals surface area contributed by atoms with E-state index >= 15 is 0 Å². The smallest absolute Gasteiger partial charge is 0.00603 e. The van der Waals surface area contributed by atoms with Gasteiger partial charge in [0.25, 0.3) is 0 Å². The molecule has 0 heteroatoms. The molecule has 0 nitrogen and oxygen atoms in total. The summed E-state index contributed by atoms with van der Waals surface area (Å²) >= 11 is 0. The van der Waals surface area contributed by atoms with Gasteiger partial charge in [0.2, 0.25) is 0 Å². The van der Waals surface area contributed by atoms with Crippen LogP contribution in [0.4, 0.5) is 0 Å². The Morgan fingerprint density at radius 3 is 1.95 bits per heavy atom. The lowest BCUT2D eigenvalue weighted by molar-refractivity contribution is 1.04. The van der Waals surface area contributed by atoms with Gasteiger partial charge in [-0.1, -0.05) is 97.1 Å². The van der Waals surface area contributed by atoms with Crippen LogP contribution in [0.1, 0.15) is 11.1 Å². The molecule has 0 aromatic heterocycles. The lowest BCUT2D eigenvalue weighted by Gasteiger charge is -2.12. The van der Waals surface area contributed by atoms with Gasteiger partial charge >= 0.3 is 0 Å². The Hall–Kier alpha value is -2.60. The molecular formula is C22H20. The summed E-state index contributed by atoms with van der Waals surface area (Å²) in [5.41, 5.74) is 6.48. The van der Waals surface area contributed by atoms with Gasteiger partial charge in [-0.25, -0.2) is 0 Å². The van der Waals surface area contributed by atoms with Crippen molar-refractivity contribution in [1.29, 1.82) is 0 Å². The maximum atomic E-state index is 4.28. The standard InChI is InChI=1S/C22H20/c1-18(16-19-10-4-2-5-11-19)17-21-14-8-9-15-22(21)20-12-6-3-7-13-20/h2-15H,1,16-17H2. The first-order chi connectivity index (χ1) is 10.8. The second-order valence-electron chi connectivity index (χ2n) is 5.61. The summed E-state index contributed by atoms with van der Waals surface area (Å²) in [7, 11) is 0. The van der Waals surface area contributed by atoms with E-state index in [4.69, 9.17) is 0 Å². The molecule has 3 aromatic carbocycles. The van der Waals surface area contributed by atoms with Crippen molar-refractivity contribution in [2.75, 3.05) is 0 Å². The molecule has 0 aliphatic carbocycles. The number of hydrogen-bond acceptors (Lipinski definition) is 0. The van der Waals surface area contributed by atoms with E-state index in [-0.39, 0.29) is 0 Å². The number of rotatable bonds is 5. The van der Waals surface area contributed by atoms with Crippen LogP contribution in [-0.2, 0) is 12.8 Å². The lowest BCUT2D eigenvalue weighted by atomic mass is 9.93. The van der Waals surface area contributed by atoms with Crippen molar-refractivity contribution in [2.24, 2.45) is 0 Å². The van der Waals surface area contributed by atoms with Gasteiger partial charge < -0.3 is 0 Å². The number of hydrogen-bond donors (Lipinski definition) is 0.